The summed E-state index contributed by atoms with van der Waals surface area (Å²) in [6, 6.07) is 13.7. The number of carbonyl (C=O) groups is 2. The molecule has 0 spiro atoms. The molecule has 3 aromatic carbocycles. The highest BCUT2D eigenvalue weighted by Gasteiger charge is 2.30. The number of alkyl halides is 3. The van der Waals surface area contributed by atoms with Gasteiger partial charge in [0, 0.05) is 42.4 Å². The molecule has 4 rings (SSSR count). The second-order valence-electron chi connectivity index (χ2n) is 10.6. The Morgan fingerprint density at radius 2 is 1.83 bits per heavy atom. The Balaban J connectivity index is 1.17. The van der Waals surface area contributed by atoms with Crippen molar-refractivity contribution in [2.75, 3.05) is 19.7 Å². The molecule has 0 radical (unpaired) electrons. The number of nitrogens with one attached hydrogen (secondary N) is 2. The number of nitrogens with zero attached hydrogens (tertiary/aromatic N) is 1. The molecule has 0 saturated carbocycles. The highest BCUT2D eigenvalue weighted by molar-refractivity contribution is 6.00. The highest BCUT2D eigenvalue weighted by Crippen LogP contribution is 2.29. The normalized spacial score (nSPS) is 12.1. The lowest BCUT2D eigenvalue weighted by molar-refractivity contribution is -0.137. The van der Waals surface area contributed by atoms with E-state index in [2.05, 4.69) is 15.6 Å². The molecule has 1 aromatic heterocycles. The molecule has 4 aromatic rings. The van der Waals surface area contributed by atoms with Crippen LogP contribution in [0.25, 0.3) is 11.5 Å². The molecule has 13 heteroatoms. The molecule has 1 heterocycles. The van der Waals surface area contributed by atoms with Crippen LogP contribution in [0.4, 0.5) is 17.6 Å². The fourth-order valence-corrected chi connectivity index (χ4v) is 4.64. The van der Waals surface area contributed by atoms with E-state index >= 15 is 0 Å². The third-order valence-corrected chi connectivity index (χ3v) is 6.95. The number of carbonyl (C=O) groups excluding carboxylic acids is 2. The van der Waals surface area contributed by atoms with E-state index in [1.165, 1.54) is 42.8 Å². The fourth-order valence-electron chi connectivity index (χ4n) is 4.64. The van der Waals surface area contributed by atoms with Crippen LogP contribution in [0.15, 0.2) is 77.5 Å². The van der Waals surface area contributed by atoms with Crippen molar-refractivity contribution < 1.29 is 41.4 Å². The fraction of sp³-hybridized carbons (Fsp3) is 0.303. The number of primary amides is 1. The number of hydrogen-bond donors (Lipinski definition) is 4. The average Bonchev–Trinajstić information content (AvgIpc) is 3.56. The summed E-state index contributed by atoms with van der Waals surface area (Å²) in [6.07, 6.45) is -0.598. The molecule has 9 nitrogen and oxygen atoms in total. The Bertz CT molecular complexity index is 1610. The van der Waals surface area contributed by atoms with E-state index in [1.54, 1.807) is 18.2 Å². The van der Waals surface area contributed by atoms with Crippen molar-refractivity contribution in [3.8, 4) is 17.2 Å². The second kappa shape index (κ2) is 16.0. The van der Waals surface area contributed by atoms with Crippen molar-refractivity contribution in [2.45, 2.75) is 44.5 Å². The van der Waals surface area contributed by atoms with Crippen molar-refractivity contribution in [2.24, 2.45) is 5.73 Å². The van der Waals surface area contributed by atoms with Gasteiger partial charge in [0.25, 0.3) is 5.91 Å². The van der Waals surface area contributed by atoms with Crippen molar-refractivity contribution in [1.29, 1.82) is 0 Å². The van der Waals surface area contributed by atoms with Gasteiger partial charge in [-0.1, -0.05) is 18.2 Å². The van der Waals surface area contributed by atoms with Crippen LogP contribution >= 0.6 is 0 Å². The van der Waals surface area contributed by atoms with Crippen LogP contribution in [0.1, 0.15) is 56.7 Å². The predicted octanol–water partition coefficient (Wildman–Crippen LogP) is 5.27. The first-order valence-electron chi connectivity index (χ1n) is 14.6. The van der Waals surface area contributed by atoms with Crippen LogP contribution in [0.3, 0.4) is 0 Å². The summed E-state index contributed by atoms with van der Waals surface area (Å²) in [5, 5.41) is 16.0. The quantitative estimate of drug-likeness (QED) is 0.0965. The van der Waals surface area contributed by atoms with E-state index in [-0.39, 0.29) is 36.7 Å². The van der Waals surface area contributed by atoms with Gasteiger partial charge < -0.3 is 30.6 Å². The largest absolute Gasteiger partial charge is 0.493 e. The summed E-state index contributed by atoms with van der Waals surface area (Å²) in [7, 11) is 0. The molecule has 244 valence electrons. The van der Waals surface area contributed by atoms with Crippen LogP contribution < -0.4 is 21.1 Å². The number of nitrogens with two attached hydrogens (primary N) is 1. The summed E-state index contributed by atoms with van der Waals surface area (Å²) in [5.74, 6) is -1.01. The summed E-state index contributed by atoms with van der Waals surface area (Å²) < 4.78 is 63.8. The molecule has 0 aliphatic rings. The number of aliphatic hydroxyl groups is 1. The van der Waals surface area contributed by atoms with Crippen molar-refractivity contribution in [3.63, 3.8) is 0 Å². The van der Waals surface area contributed by atoms with Gasteiger partial charge in [0.15, 0.2) is 0 Å². The first kappa shape index (κ1) is 34.1. The maximum absolute atomic E-state index is 14.2. The van der Waals surface area contributed by atoms with Gasteiger partial charge in [-0.2, -0.15) is 13.2 Å². The molecule has 0 saturated heterocycles. The predicted molar refractivity (Wildman–Crippen MR) is 161 cm³/mol. The Morgan fingerprint density at radius 3 is 2.57 bits per heavy atom. The van der Waals surface area contributed by atoms with Crippen molar-refractivity contribution >= 4 is 11.8 Å². The number of amides is 2. The number of benzene rings is 3. The Morgan fingerprint density at radius 1 is 1.02 bits per heavy atom. The third-order valence-electron chi connectivity index (χ3n) is 6.95. The highest BCUT2D eigenvalue weighted by atomic mass is 19.4. The number of halogens is 4. The van der Waals surface area contributed by atoms with E-state index in [1.807, 2.05) is 0 Å². The summed E-state index contributed by atoms with van der Waals surface area (Å²) in [5.41, 5.74) is 6.56. The van der Waals surface area contributed by atoms with Gasteiger partial charge in [-0.3, -0.25) is 9.59 Å². The lowest BCUT2D eigenvalue weighted by Gasteiger charge is -2.14. The monoisotopic (exact) mass is 642 g/mol. The minimum Gasteiger partial charge on any atom is -0.493 e. The third kappa shape index (κ3) is 10.4. The molecular weight excluding hydrogens is 608 g/mol. The Hall–Kier alpha value is -4.75. The first-order valence-corrected chi connectivity index (χ1v) is 14.6. The van der Waals surface area contributed by atoms with E-state index in [9.17, 15) is 32.3 Å². The SMILES string of the molecule is NC(=O)c1cc(C(=O)NCCCCOc2cc(F)cc(CC[C@H](O)CNCc3cccc(C(F)(F)F)c3)c2)cc(-c2ncco2)c1. The van der Waals surface area contributed by atoms with E-state index in [4.69, 9.17) is 14.9 Å². The summed E-state index contributed by atoms with van der Waals surface area (Å²) in [4.78, 5) is 28.5. The Labute approximate surface area is 262 Å². The average molecular weight is 643 g/mol. The van der Waals surface area contributed by atoms with Gasteiger partial charge in [0.2, 0.25) is 11.8 Å². The van der Waals surface area contributed by atoms with Gasteiger partial charge in [-0.25, -0.2) is 9.37 Å². The summed E-state index contributed by atoms with van der Waals surface area (Å²) in [6.45, 7) is 0.914. The van der Waals surface area contributed by atoms with Gasteiger partial charge >= 0.3 is 6.18 Å². The van der Waals surface area contributed by atoms with E-state index in [0.717, 1.165) is 12.1 Å². The number of oxazole rings is 1. The molecule has 5 N–H and O–H groups in total. The van der Waals surface area contributed by atoms with Crippen LogP contribution in [0, 0.1) is 5.82 Å². The number of hydrogen-bond acceptors (Lipinski definition) is 7. The van der Waals surface area contributed by atoms with Gasteiger partial charge in [-0.05, 0) is 73.2 Å². The Kier molecular flexibility index (Phi) is 11.9. The summed E-state index contributed by atoms with van der Waals surface area (Å²) >= 11 is 0. The number of aromatic nitrogens is 1. The van der Waals surface area contributed by atoms with Gasteiger partial charge in [0.1, 0.15) is 17.8 Å². The minimum absolute atomic E-state index is 0.143. The molecular formula is C33H34F4N4O5. The zero-order chi connectivity index (χ0) is 33.1. The minimum atomic E-state index is -4.42. The number of aryl methyl sites for hydroxylation is 1. The van der Waals surface area contributed by atoms with E-state index in [0.29, 0.717) is 54.7 Å². The molecule has 0 bridgehead atoms. The lowest BCUT2D eigenvalue weighted by atomic mass is 10.0. The molecule has 0 aliphatic heterocycles. The van der Waals surface area contributed by atoms with Crippen molar-refractivity contribution in [3.05, 3.63) is 107 Å². The van der Waals surface area contributed by atoms with Crippen molar-refractivity contribution in [1.82, 2.24) is 15.6 Å². The zero-order valence-electron chi connectivity index (χ0n) is 24.8. The second-order valence-corrected chi connectivity index (χ2v) is 10.6. The van der Waals surface area contributed by atoms with Gasteiger partial charge in [0.05, 0.1) is 24.5 Å². The van der Waals surface area contributed by atoms with Crippen LogP contribution in [0.2, 0.25) is 0 Å². The molecule has 0 fully saturated rings. The molecule has 0 unspecified atom stereocenters. The molecule has 46 heavy (non-hydrogen) atoms. The van der Waals surface area contributed by atoms with Gasteiger partial charge in [-0.15, -0.1) is 0 Å². The molecule has 0 aliphatic carbocycles. The zero-order valence-corrected chi connectivity index (χ0v) is 24.8. The lowest BCUT2D eigenvalue weighted by Crippen LogP contribution is -2.27. The van der Waals surface area contributed by atoms with E-state index < -0.39 is 35.5 Å². The first-order chi connectivity index (χ1) is 22.0. The number of unbranched alkanes of at least 4 members (excludes halogenated alkanes) is 1. The van der Waals surface area contributed by atoms with Crippen LogP contribution in [-0.4, -0.2) is 47.7 Å². The molecule has 2 amide bonds. The molecule has 1 atom stereocenters. The van der Waals surface area contributed by atoms with Crippen LogP contribution in [0.5, 0.6) is 5.75 Å². The number of ether oxygens (including phenoxy) is 1. The van der Waals surface area contributed by atoms with Crippen LogP contribution in [-0.2, 0) is 19.1 Å². The smallest absolute Gasteiger partial charge is 0.416 e. The maximum Gasteiger partial charge on any atom is 0.416 e. The number of aliphatic hydroxyl groups excluding tert-OH is 1. The number of rotatable bonds is 16. The maximum atomic E-state index is 14.2. The topological polar surface area (TPSA) is 140 Å². The standard InChI is InChI=1S/C33H34F4N4O5/c34-27-13-21(6-7-28(42)20-39-19-22-4-3-5-26(12-22)33(35,36)37)14-29(18-27)45-10-2-1-8-40-31(44)24-15-23(30(38)43)16-25(17-24)32-41-9-11-46-32/h3-5,9,11-18,28,39,42H,1-2,6-8,10,19-20H2,(H2,38,43)(H,40,44)/t28-/m0/s1.